The fourth-order valence-corrected chi connectivity index (χ4v) is 3.30. The number of benzene rings is 2. The number of hydrogen-bond donors (Lipinski definition) is 1. The van der Waals surface area contributed by atoms with Crippen molar-refractivity contribution in [3.63, 3.8) is 0 Å². The van der Waals surface area contributed by atoms with E-state index in [-0.39, 0.29) is 11.9 Å². The molecule has 1 amide bonds. The van der Waals surface area contributed by atoms with Crippen LogP contribution in [0.5, 0.6) is 17.2 Å². The number of amides is 1. The molecule has 1 saturated carbocycles. The van der Waals surface area contributed by atoms with Crippen LogP contribution in [-0.4, -0.2) is 27.2 Å². The lowest BCUT2D eigenvalue weighted by molar-refractivity contribution is -0.124. The zero-order valence-electron chi connectivity index (χ0n) is 15.7. The van der Waals surface area contributed by atoms with E-state index in [0.29, 0.717) is 17.2 Å². The molecule has 1 aliphatic carbocycles. The molecule has 0 spiro atoms. The third-order valence-electron chi connectivity index (χ3n) is 5.05. The van der Waals surface area contributed by atoms with Gasteiger partial charge in [-0.2, -0.15) is 0 Å². The van der Waals surface area contributed by atoms with E-state index in [1.165, 1.54) is 0 Å². The summed E-state index contributed by atoms with van der Waals surface area (Å²) in [7, 11) is 4.74. The van der Waals surface area contributed by atoms with Gasteiger partial charge in [-0.3, -0.25) is 4.79 Å². The Hall–Kier alpha value is -2.69. The van der Waals surface area contributed by atoms with Crippen molar-refractivity contribution in [3.8, 4) is 17.2 Å². The SMILES string of the molecule is COc1cc(C(C)NC(=O)C2(c3ccccc3)CC2)cc(OC)c1OC. The van der Waals surface area contributed by atoms with Crippen LogP contribution < -0.4 is 19.5 Å². The Morgan fingerprint density at radius 2 is 1.58 bits per heavy atom. The highest BCUT2D eigenvalue weighted by molar-refractivity contribution is 5.91. The average molecular weight is 355 g/mol. The average Bonchev–Trinajstić information content (AvgIpc) is 3.49. The van der Waals surface area contributed by atoms with Gasteiger partial charge in [-0.15, -0.1) is 0 Å². The molecule has 0 radical (unpaired) electrons. The van der Waals surface area contributed by atoms with Gasteiger partial charge in [-0.1, -0.05) is 30.3 Å². The highest BCUT2D eigenvalue weighted by Crippen LogP contribution is 2.49. The van der Waals surface area contributed by atoms with Crippen LogP contribution >= 0.6 is 0 Å². The van der Waals surface area contributed by atoms with Crippen LogP contribution in [0.2, 0.25) is 0 Å². The quantitative estimate of drug-likeness (QED) is 0.824. The first-order chi connectivity index (χ1) is 12.6. The van der Waals surface area contributed by atoms with Crippen LogP contribution in [0.3, 0.4) is 0 Å². The molecule has 1 atom stereocenters. The number of hydrogen-bond acceptors (Lipinski definition) is 4. The molecule has 5 heteroatoms. The molecule has 2 aromatic carbocycles. The monoisotopic (exact) mass is 355 g/mol. The fraction of sp³-hybridized carbons (Fsp3) is 0.381. The molecule has 5 nitrogen and oxygen atoms in total. The second-order valence-corrected chi connectivity index (χ2v) is 6.60. The van der Waals surface area contributed by atoms with E-state index in [1.807, 2.05) is 49.4 Å². The maximum atomic E-state index is 12.9. The highest BCUT2D eigenvalue weighted by Gasteiger charge is 2.51. The molecule has 3 rings (SSSR count). The van der Waals surface area contributed by atoms with Crippen molar-refractivity contribution < 1.29 is 19.0 Å². The molecule has 1 fully saturated rings. The molecular formula is C21H25NO4. The van der Waals surface area contributed by atoms with Gasteiger partial charge in [0, 0.05) is 0 Å². The topological polar surface area (TPSA) is 56.8 Å². The lowest BCUT2D eigenvalue weighted by Gasteiger charge is -2.22. The summed E-state index contributed by atoms with van der Waals surface area (Å²) in [5, 5.41) is 3.15. The highest BCUT2D eigenvalue weighted by atomic mass is 16.5. The molecule has 26 heavy (non-hydrogen) atoms. The maximum absolute atomic E-state index is 12.9. The summed E-state index contributed by atoms with van der Waals surface area (Å²) in [6, 6.07) is 13.5. The summed E-state index contributed by atoms with van der Waals surface area (Å²) in [5.74, 6) is 1.75. The van der Waals surface area contributed by atoms with E-state index in [2.05, 4.69) is 5.32 Å². The lowest BCUT2D eigenvalue weighted by atomic mass is 9.94. The van der Waals surface area contributed by atoms with Crippen LogP contribution in [0.4, 0.5) is 0 Å². The molecule has 0 heterocycles. The molecule has 0 aromatic heterocycles. The Kier molecular flexibility index (Phi) is 5.07. The van der Waals surface area contributed by atoms with Crippen molar-refractivity contribution in [1.29, 1.82) is 0 Å². The molecular weight excluding hydrogens is 330 g/mol. The molecule has 1 N–H and O–H groups in total. The van der Waals surface area contributed by atoms with Gasteiger partial charge in [0.15, 0.2) is 11.5 Å². The zero-order valence-corrected chi connectivity index (χ0v) is 15.7. The maximum Gasteiger partial charge on any atom is 0.231 e. The molecule has 1 aliphatic rings. The van der Waals surface area contributed by atoms with Gasteiger partial charge in [0.05, 0.1) is 32.8 Å². The van der Waals surface area contributed by atoms with Crippen LogP contribution in [-0.2, 0) is 10.2 Å². The third-order valence-corrected chi connectivity index (χ3v) is 5.05. The summed E-state index contributed by atoms with van der Waals surface area (Å²) < 4.78 is 16.2. The van der Waals surface area contributed by atoms with Crippen molar-refractivity contribution in [3.05, 3.63) is 53.6 Å². The first-order valence-electron chi connectivity index (χ1n) is 8.72. The summed E-state index contributed by atoms with van der Waals surface area (Å²) in [4.78, 5) is 12.9. The van der Waals surface area contributed by atoms with Gasteiger partial charge in [-0.25, -0.2) is 0 Å². The van der Waals surface area contributed by atoms with E-state index in [4.69, 9.17) is 14.2 Å². The van der Waals surface area contributed by atoms with Gasteiger partial charge >= 0.3 is 0 Å². The van der Waals surface area contributed by atoms with Gasteiger partial charge in [0.25, 0.3) is 0 Å². The Balaban J connectivity index is 1.82. The van der Waals surface area contributed by atoms with Gasteiger partial charge in [-0.05, 0) is 43.0 Å². The summed E-state index contributed by atoms with van der Waals surface area (Å²) in [6.07, 6.45) is 1.76. The van der Waals surface area contributed by atoms with Crippen molar-refractivity contribution >= 4 is 5.91 Å². The molecule has 0 saturated heterocycles. The number of carbonyl (C=O) groups excluding carboxylic acids is 1. The van der Waals surface area contributed by atoms with E-state index in [0.717, 1.165) is 24.0 Å². The lowest BCUT2D eigenvalue weighted by Crippen LogP contribution is -2.36. The molecule has 138 valence electrons. The number of ether oxygens (including phenoxy) is 3. The van der Waals surface area contributed by atoms with E-state index < -0.39 is 5.41 Å². The molecule has 2 aromatic rings. The van der Waals surface area contributed by atoms with Crippen LogP contribution in [0.15, 0.2) is 42.5 Å². The Bertz CT molecular complexity index is 759. The predicted octanol–water partition coefficient (Wildman–Crippen LogP) is 3.62. The minimum Gasteiger partial charge on any atom is -0.493 e. The minimum absolute atomic E-state index is 0.0601. The second kappa shape index (κ2) is 7.28. The largest absolute Gasteiger partial charge is 0.493 e. The first-order valence-corrected chi connectivity index (χ1v) is 8.72. The second-order valence-electron chi connectivity index (χ2n) is 6.60. The predicted molar refractivity (Wildman–Crippen MR) is 100 cm³/mol. The van der Waals surface area contributed by atoms with Crippen LogP contribution in [0.25, 0.3) is 0 Å². The number of rotatable bonds is 7. The summed E-state index contributed by atoms with van der Waals surface area (Å²) >= 11 is 0. The van der Waals surface area contributed by atoms with Crippen molar-refractivity contribution in [2.75, 3.05) is 21.3 Å². The van der Waals surface area contributed by atoms with E-state index >= 15 is 0 Å². The number of carbonyl (C=O) groups is 1. The van der Waals surface area contributed by atoms with Crippen LogP contribution in [0.1, 0.15) is 36.9 Å². The number of nitrogens with one attached hydrogen (secondary N) is 1. The fourth-order valence-electron chi connectivity index (χ4n) is 3.30. The summed E-state index contributed by atoms with van der Waals surface area (Å²) in [5.41, 5.74) is 1.59. The van der Waals surface area contributed by atoms with E-state index in [9.17, 15) is 4.79 Å². The van der Waals surface area contributed by atoms with Crippen molar-refractivity contribution in [2.24, 2.45) is 0 Å². The van der Waals surface area contributed by atoms with Gasteiger partial charge in [0.2, 0.25) is 11.7 Å². The zero-order chi connectivity index (χ0) is 18.7. The molecule has 0 bridgehead atoms. The van der Waals surface area contributed by atoms with Gasteiger partial charge in [0.1, 0.15) is 0 Å². The third kappa shape index (κ3) is 3.21. The van der Waals surface area contributed by atoms with Crippen molar-refractivity contribution in [2.45, 2.75) is 31.2 Å². The molecule has 1 unspecified atom stereocenters. The smallest absolute Gasteiger partial charge is 0.231 e. The Labute approximate surface area is 154 Å². The standard InChI is InChI=1S/C21H25NO4/c1-14(15-12-17(24-2)19(26-4)18(13-15)25-3)22-20(23)21(10-11-21)16-8-6-5-7-9-16/h5-9,12-14H,10-11H2,1-4H3,(H,22,23). The first kappa shape index (κ1) is 18.1. The van der Waals surface area contributed by atoms with E-state index in [1.54, 1.807) is 21.3 Å². The van der Waals surface area contributed by atoms with Gasteiger partial charge < -0.3 is 19.5 Å². The number of methoxy groups -OCH3 is 3. The Morgan fingerprint density at radius 3 is 2.04 bits per heavy atom. The van der Waals surface area contributed by atoms with Crippen molar-refractivity contribution in [1.82, 2.24) is 5.32 Å². The summed E-state index contributed by atoms with van der Waals surface area (Å²) in [6.45, 7) is 1.96. The Morgan fingerprint density at radius 1 is 1.00 bits per heavy atom. The van der Waals surface area contributed by atoms with Crippen LogP contribution in [0, 0.1) is 0 Å². The molecule has 0 aliphatic heterocycles. The minimum atomic E-state index is -0.393. The normalized spacial score (nSPS) is 15.7.